The molecule has 22 heavy (non-hydrogen) atoms. The van der Waals surface area contributed by atoms with Gasteiger partial charge in [0.15, 0.2) is 0 Å². The lowest BCUT2D eigenvalue weighted by molar-refractivity contribution is -0.135. The molecule has 2 rings (SSSR count). The number of hydrogen-bond donors (Lipinski definition) is 1. The minimum atomic E-state index is 0.112. The third-order valence-electron chi connectivity index (χ3n) is 4.68. The van der Waals surface area contributed by atoms with Crippen LogP contribution in [0.2, 0.25) is 0 Å². The Balaban J connectivity index is 0.000000422. The molecule has 0 saturated carbocycles. The van der Waals surface area contributed by atoms with Gasteiger partial charge in [-0.15, -0.1) is 6.58 Å². The summed E-state index contributed by atoms with van der Waals surface area (Å²) in [5, 5.41) is 3.46. The van der Waals surface area contributed by atoms with Crippen molar-refractivity contribution in [1.29, 1.82) is 0 Å². The number of amides is 1. The largest absolute Gasteiger partial charge is 0.343 e. The number of hydrogen-bond acceptors (Lipinski definition) is 2. The fraction of sp³-hybridized carbons (Fsp3) is 0.842. The van der Waals surface area contributed by atoms with Crippen LogP contribution in [0.3, 0.4) is 0 Å². The van der Waals surface area contributed by atoms with Crippen molar-refractivity contribution in [3.8, 4) is 0 Å². The smallest absolute Gasteiger partial charge is 0.223 e. The second-order valence-corrected chi connectivity index (χ2v) is 8.12. The van der Waals surface area contributed by atoms with Crippen molar-refractivity contribution < 1.29 is 4.79 Å². The first-order valence-electron chi connectivity index (χ1n) is 8.91. The van der Waals surface area contributed by atoms with Gasteiger partial charge >= 0.3 is 0 Å². The van der Waals surface area contributed by atoms with Crippen LogP contribution in [0.4, 0.5) is 0 Å². The molecule has 3 nitrogen and oxygen atoms in total. The molecular weight excluding hydrogens is 272 g/mol. The minimum absolute atomic E-state index is 0.112. The maximum Gasteiger partial charge on any atom is 0.223 e. The third kappa shape index (κ3) is 6.51. The molecule has 3 heteroatoms. The van der Waals surface area contributed by atoms with Crippen LogP contribution in [0.15, 0.2) is 12.7 Å². The summed E-state index contributed by atoms with van der Waals surface area (Å²) in [4.78, 5) is 14.2. The molecule has 0 radical (unpaired) electrons. The second kappa shape index (κ2) is 8.71. The Bertz CT molecular complexity index is 341. The Morgan fingerprint density at radius 1 is 1.27 bits per heavy atom. The zero-order chi connectivity index (χ0) is 16.6. The lowest BCUT2D eigenvalue weighted by Gasteiger charge is -2.39. The average Bonchev–Trinajstić information content (AvgIpc) is 2.87. The minimum Gasteiger partial charge on any atom is -0.343 e. The first-order chi connectivity index (χ1) is 10.3. The van der Waals surface area contributed by atoms with Crippen LogP contribution < -0.4 is 5.32 Å². The number of allylic oxidation sites excluding steroid dienone is 1. The molecule has 0 aliphatic carbocycles. The van der Waals surface area contributed by atoms with E-state index in [9.17, 15) is 4.79 Å². The van der Waals surface area contributed by atoms with E-state index < -0.39 is 0 Å². The van der Waals surface area contributed by atoms with E-state index in [1.165, 1.54) is 25.7 Å². The zero-order valence-electron chi connectivity index (χ0n) is 15.2. The molecule has 0 aromatic carbocycles. The van der Waals surface area contributed by atoms with Crippen LogP contribution in [0.25, 0.3) is 0 Å². The lowest BCUT2D eigenvalue weighted by Crippen LogP contribution is -2.44. The fourth-order valence-electron chi connectivity index (χ4n) is 3.22. The van der Waals surface area contributed by atoms with Gasteiger partial charge in [0, 0.05) is 26.1 Å². The Morgan fingerprint density at radius 3 is 2.27 bits per heavy atom. The molecule has 0 aromatic heterocycles. The standard InChI is InChI=1S/C14H26N2O.C5H10/c1-13(2,3)10-12(17)16-8-5-14(6-9-16)4-7-15-11-14;1-3-5-4-2/h15H,4-11H2,1-3H3;3H,1,4-5H2,2H3. The van der Waals surface area contributed by atoms with Gasteiger partial charge in [0.1, 0.15) is 0 Å². The van der Waals surface area contributed by atoms with Crippen molar-refractivity contribution in [2.75, 3.05) is 26.2 Å². The van der Waals surface area contributed by atoms with Gasteiger partial charge in [-0.05, 0) is 43.1 Å². The van der Waals surface area contributed by atoms with Crippen molar-refractivity contribution in [1.82, 2.24) is 10.2 Å². The summed E-state index contributed by atoms with van der Waals surface area (Å²) in [6, 6.07) is 0. The fourth-order valence-corrected chi connectivity index (χ4v) is 3.22. The van der Waals surface area contributed by atoms with Gasteiger partial charge in [-0.25, -0.2) is 0 Å². The molecule has 2 fully saturated rings. The summed E-state index contributed by atoms with van der Waals surface area (Å²) in [6.45, 7) is 16.4. The van der Waals surface area contributed by atoms with Crippen LogP contribution in [-0.4, -0.2) is 37.0 Å². The van der Waals surface area contributed by atoms with Crippen molar-refractivity contribution in [3.63, 3.8) is 0 Å². The highest BCUT2D eigenvalue weighted by molar-refractivity contribution is 5.76. The summed E-state index contributed by atoms with van der Waals surface area (Å²) in [7, 11) is 0. The van der Waals surface area contributed by atoms with Crippen LogP contribution in [-0.2, 0) is 4.79 Å². The van der Waals surface area contributed by atoms with E-state index in [-0.39, 0.29) is 5.41 Å². The molecule has 0 bridgehead atoms. The highest BCUT2D eigenvalue weighted by Gasteiger charge is 2.38. The number of carbonyl (C=O) groups excluding carboxylic acids is 1. The third-order valence-corrected chi connectivity index (χ3v) is 4.68. The summed E-state index contributed by atoms with van der Waals surface area (Å²) in [5.41, 5.74) is 0.625. The van der Waals surface area contributed by atoms with Gasteiger partial charge in [-0.3, -0.25) is 4.79 Å². The highest BCUT2D eigenvalue weighted by atomic mass is 16.2. The topological polar surface area (TPSA) is 32.3 Å². The SMILES string of the molecule is C=CCCC.CC(C)(C)CC(=O)N1CCC2(CCNC2)CC1. The predicted octanol–water partition coefficient (Wildman–Crippen LogP) is 4.00. The van der Waals surface area contributed by atoms with Crippen LogP contribution in [0.1, 0.15) is 66.2 Å². The van der Waals surface area contributed by atoms with Crippen LogP contribution in [0.5, 0.6) is 0 Å². The molecule has 1 N–H and O–H groups in total. The van der Waals surface area contributed by atoms with E-state index in [4.69, 9.17) is 0 Å². The van der Waals surface area contributed by atoms with Crippen molar-refractivity contribution in [2.24, 2.45) is 10.8 Å². The summed E-state index contributed by atoms with van der Waals surface area (Å²) in [5.74, 6) is 0.346. The van der Waals surface area contributed by atoms with Gasteiger partial charge in [0.2, 0.25) is 5.91 Å². The van der Waals surface area contributed by atoms with E-state index >= 15 is 0 Å². The van der Waals surface area contributed by atoms with Gasteiger partial charge in [0.25, 0.3) is 0 Å². The molecule has 2 aliphatic rings. The maximum atomic E-state index is 12.1. The summed E-state index contributed by atoms with van der Waals surface area (Å²) < 4.78 is 0. The van der Waals surface area contributed by atoms with E-state index in [0.29, 0.717) is 17.7 Å². The number of nitrogens with one attached hydrogen (secondary N) is 1. The molecule has 2 aliphatic heterocycles. The molecule has 0 atom stereocenters. The molecule has 0 aromatic rings. The molecule has 0 unspecified atom stereocenters. The van der Waals surface area contributed by atoms with Crippen molar-refractivity contribution >= 4 is 5.91 Å². The molecular formula is C19H36N2O. The van der Waals surface area contributed by atoms with Gasteiger partial charge in [-0.1, -0.05) is 40.2 Å². The normalized spacial score (nSPS) is 20.5. The Morgan fingerprint density at radius 2 is 1.91 bits per heavy atom. The molecule has 2 heterocycles. The van der Waals surface area contributed by atoms with Gasteiger partial charge < -0.3 is 10.2 Å². The van der Waals surface area contributed by atoms with Crippen LogP contribution in [0, 0.1) is 10.8 Å². The van der Waals surface area contributed by atoms with E-state index in [1.807, 2.05) is 6.08 Å². The molecule has 1 spiro atoms. The first kappa shape index (κ1) is 19.2. The average molecular weight is 309 g/mol. The molecule has 2 saturated heterocycles. The number of carbonyl (C=O) groups is 1. The first-order valence-corrected chi connectivity index (χ1v) is 8.91. The number of unbranched alkanes of at least 4 members (excludes halogenated alkanes) is 1. The lowest BCUT2D eigenvalue weighted by atomic mass is 9.77. The van der Waals surface area contributed by atoms with Crippen molar-refractivity contribution in [2.45, 2.75) is 66.2 Å². The highest BCUT2D eigenvalue weighted by Crippen LogP contribution is 2.37. The monoisotopic (exact) mass is 308 g/mol. The molecule has 128 valence electrons. The second-order valence-electron chi connectivity index (χ2n) is 8.12. The van der Waals surface area contributed by atoms with Crippen LogP contribution >= 0.6 is 0 Å². The number of piperidine rings is 1. The van der Waals surface area contributed by atoms with E-state index in [2.05, 4.69) is 44.5 Å². The zero-order valence-corrected chi connectivity index (χ0v) is 15.2. The predicted molar refractivity (Wildman–Crippen MR) is 94.9 cm³/mol. The quantitative estimate of drug-likeness (QED) is 0.799. The number of rotatable bonds is 3. The Hall–Kier alpha value is -0.830. The van der Waals surface area contributed by atoms with E-state index in [1.54, 1.807) is 0 Å². The van der Waals surface area contributed by atoms with E-state index in [0.717, 1.165) is 32.6 Å². The van der Waals surface area contributed by atoms with Gasteiger partial charge in [-0.2, -0.15) is 0 Å². The summed E-state index contributed by atoms with van der Waals surface area (Å²) in [6.07, 6.45) is 8.67. The summed E-state index contributed by atoms with van der Waals surface area (Å²) >= 11 is 0. The maximum absolute atomic E-state index is 12.1. The number of nitrogens with zero attached hydrogens (tertiary/aromatic N) is 1. The number of likely N-dealkylation sites (tertiary alicyclic amines) is 1. The van der Waals surface area contributed by atoms with Gasteiger partial charge in [0.05, 0.1) is 0 Å². The molecule has 1 amide bonds. The Kier molecular flexibility index (Phi) is 7.61. The Labute approximate surface area is 137 Å². The van der Waals surface area contributed by atoms with Crippen molar-refractivity contribution in [3.05, 3.63) is 12.7 Å².